The highest BCUT2D eigenvalue weighted by Gasteiger charge is 2.37. The third-order valence-electron chi connectivity index (χ3n) is 8.19. The van der Waals surface area contributed by atoms with Gasteiger partial charge in [0, 0.05) is 31.7 Å². The van der Waals surface area contributed by atoms with Crippen LogP contribution in [-0.4, -0.2) is 65.3 Å². The summed E-state index contributed by atoms with van der Waals surface area (Å²) in [7, 11) is 0. The van der Waals surface area contributed by atoms with E-state index in [9.17, 15) is 9.59 Å². The minimum absolute atomic E-state index is 0.0461. The van der Waals surface area contributed by atoms with Crippen LogP contribution in [0.15, 0.2) is 89.9 Å². The first-order valence-corrected chi connectivity index (χ1v) is 14.6. The van der Waals surface area contributed by atoms with Crippen molar-refractivity contribution < 1.29 is 9.59 Å². The van der Waals surface area contributed by atoms with Gasteiger partial charge in [-0.3, -0.25) is 14.6 Å². The topological polar surface area (TPSA) is 131 Å². The Labute approximate surface area is 247 Å². The maximum Gasteiger partial charge on any atom is 0.240 e. The first-order valence-electron chi connectivity index (χ1n) is 14.6. The number of hydrogen-bond acceptors (Lipinski definition) is 4. The van der Waals surface area contributed by atoms with Crippen LogP contribution in [0.2, 0.25) is 0 Å². The van der Waals surface area contributed by atoms with Crippen LogP contribution in [0.4, 0.5) is 0 Å². The van der Waals surface area contributed by atoms with E-state index in [2.05, 4.69) is 53.5 Å². The predicted octanol–water partition coefficient (Wildman–Crippen LogP) is 3.59. The number of amides is 2. The second-order valence-corrected chi connectivity index (χ2v) is 11.3. The van der Waals surface area contributed by atoms with Crippen LogP contribution in [0, 0.1) is 0 Å². The molecule has 1 aliphatic heterocycles. The smallest absolute Gasteiger partial charge is 0.240 e. The number of nitrogens with two attached hydrogens (primary N) is 3. The minimum Gasteiger partial charge on any atom is -0.370 e. The van der Waals surface area contributed by atoms with E-state index < -0.39 is 6.04 Å². The summed E-state index contributed by atoms with van der Waals surface area (Å²) in [5.74, 6) is 0.00726. The average Bonchev–Trinajstić information content (AvgIpc) is 2.99. The molecular formula is C34H40N6O2. The van der Waals surface area contributed by atoms with Gasteiger partial charge in [0.2, 0.25) is 11.8 Å². The zero-order valence-electron chi connectivity index (χ0n) is 24.2. The van der Waals surface area contributed by atoms with Crippen molar-refractivity contribution in [3.63, 3.8) is 0 Å². The molecule has 1 saturated heterocycles. The van der Waals surface area contributed by atoms with Crippen LogP contribution in [0.1, 0.15) is 30.9 Å². The van der Waals surface area contributed by atoms with Gasteiger partial charge in [0.05, 0.1) is 12.5 Å². The molecule has 0 aliphatic carbocycles. The lowest BCUT2D eigenvalue weighted by Gasteiger charge is -2.46. The predicted molar refractivity (Wildman–Crippen MR) is 170 cm³/mol. The maximum absolute atomic E-state index is 13.8. The molecule has 0 spiro atoms. The van der Waals surface area contributed by atoms with E-state index in [0.29, 0.717) is 45.3 Å². The summed E-state index contributed by atoms with van der Waals surface area (Å²) in [6.45, 7) is 3.35. The van der Waals surface area contributed by atoms with E-state index >= 15 is 0 Å². The molecule has 1 heterocycles. The largest absolute Gasteiger partial charge is 0.370 e. The highest BCUT2D eigenvalue weighted by Crippen LogP contribution is 2.24. The number of aliphatic imine (C=N–C) groups is 1. The van der Waals surface area contributed by atoms with Crippen molar-refractivity contribution in [3.05, 3.63) is 96.1 Å². The molecule has 1 fully saturated rings. The number of carbonyl (C=O) groups excluding carboxylic acids is 2. The lowest BCUT2D eigenvalue weighted by molar-refractivity contribution is -0.147. The first-order chi connectivity index (χ1) is 20.3. The number of hydrogen-bond donors (Lipinski definition) is 3. The molecule has 8 nitrogen and oxygen atoms in total. The Morgan fingerprint density at radius 2 is 1.43 bits per heavy atom. The van der Waals surface area contributed by atoms with Crippen molar-refractivity contribution in [1.82, 2.24) is 9.80 Å². The number of fused-ring (bicyclic) bond motifs is 2. The second kappa shape index (κ2) is 13.0. The van der Waals surface area contributed by atoms with Gasteiger partial charge in [-0.1, -0.05) is 84.9 Å². The number of carbonyl (C=O) groups is 2. The van der Waals surface area contributed by atoms with Gasteiger partial charge in [-0.2, -0.15) is 0 Å². The molecule has 1 aliphatic rings. The van der Waals surface area contributed by atoms with Crippen LogP contribution in [0.25, 0.3) is 21.5 Å². The summed E-state index contributed by atoms with van der Waals surface area (Å²) in [5, 5.41) is 4.54. The van der Waals surface area contributed by atoms with Gasteiger partial charge < -0.3 is 27.0 Å². The SMILES string of the molecule is C[C@@H]1CN(C(=O)[C@@H](N)Cc2ccc3ccccc3c2)C(CCCN=C(N)N)CN1C(=O)Cc1ccc2ccccc2c1. The molecule has 0 aromatic heterocycles. The summed E-state index contributed by atoms with van der Waals surface area (Å²) in [5.41, 5.74) is 19.6. The molecule has 0 radical (unpaired) electrons. The van der Waals surface area contributed by atoms with Gasteiger partial charge in [-0.05, 0) is 58.9 Å². The van der Waals surface area contributed by atoms with Gasteiger partial charge in [0.15, 0.2) is 5.96 Å². The van der Waals surface area contributed by atoms with Crippen LogP contribution in [0.3, 0.4) is 0 Å². The van der Waals surface area contributed by atoms with Crippen molar-refractivity contribution in [2.75, 3.05) is 19.6 Å². The van der Waals surface area contributed by atoms with E-state index in [0.717, 1.165) is 32.7 Å². The van der Waals surface area contributed by atoms with Gasteiger partial charge in [-0.25, -0.2) is 0 Å². The lowest BCUT2D eigenvalue weighted by Crippen LogP contribution is -2.63. The number of guanidine groups is 1. The monoisotopic (exact) mass is 564 g/mol. The molecule has 0 bridgehead atoms. The summed E-state index contributed by atoms with van der Waals surface area (Å²) in [6.07, 6.45) is 2.11. The molecule has 0 saturated carbocycles. The number of nitrogens with zero attached hydrogens (tertiary/aromatic N) is 3. The molecule has 218 valence electrons. The van der Waals surface area contributed by atoms with Crippen LogP contribution < -0.4 is 17.2 Å². The fourth-order valence-electron chi connectivity index (χ4n) is 5.98. The third-order valence-corrected chi connectivity index (χ3v) is 8.19. The molecule has 2 amide bonds. The van der Waals surface area contributed by atoms with Crippen molar-refractivity contribution in [3.8, 4) is 0 Å². The van der Waals surface area contributed by atoms with Gasteiger partial charge in [0.1, 0.15) is 0 Å². The highest BCUT2D eigenvalue weighted by atomic mass is 16.2. The fourth-order valence-corrected chi connectivity index (χ4v) is 5.98. The van der Waals surface area contributed by atoms with Gasteiger partial charge in [-0.15, -0.1) is 0 Å². The van der Waals surface area contributed by atoms with E-state index in [1.54, 1.807) is 0 Å². The molecule has 5 rings (SSSR count). The van der Waals surface area contributed by atoms with Crippen LogP contribution in [-0.2, 0) is 22.4 Å². The summed E-state index contributed by atoms with van der Waals surface area (Å²) in [6, 6.07) is 27.7. The molecule has 1 unspecified atom stereocenters. The molecule has 6 N–H and O–H groups in total. The number of benzene rings is 4. The van der Waals surface area contributed by atoms with Crippen molar-refractivity contribution in [1.29, 1.82) is 0 Å². The zero-order valence-corrected chi connectivity index (χ0v) is 24.2. The quantitative estimate of drug-likeness (QED) is 0.162. The van der Waals surface area contributed by atoms with E-state index in [4.69, 9.17) is 17.2 Å². The zero-order chi connectivity index (χ0) is 29.6. The highest BCUT2D eigenvalue weighted by molar-refractivity contribution is 5.87. The molecule has 42 heavy (non-hydrogen) atoms. The summed E-state index contributed by atoms with van der Waals surface area (Å²) >= 11 is 0. The fraction of sp³-hybridized carbons (Fsp3) is 0.324. The van der Waals surface area contributed by atoms with E-state index in [1.807, 2.05) is 53.1 Å². The Bertz CT molecular complexity index is 1600. The van der Waals surface area contributed by atoms with Gasteiger partial charge >= 0.3 is 0 Å². The van der Waals surface area contributed by atoms with Crippen molar-refractivity contribution in [2.24, 2.45) is 22.2 Å². The second-order valence-electron chi connectivity index (χ2n) is 11.3. The van der Waals surface area contributed by atoms with Crippen molar-refractivity contribution >= 4 is 39.3 Å². The molecule has 4 aromatic rings. The first kappa shape index (κ1) is 29.1. The molecule has 4 aromatic carbocycles. The Hall–Kier alpha value is -4.43. The van der Waals surface area contributed by atoms with Crippen LogP contribution >= 0.6 is 0 Å². The normalized spacial score (nSPS) is 17.8. The third kappa shape index (κ3) is 6.89. The van der Waals surface area contributed by atoms with Crippen molar-refractivity contribution in [2.45, 2.75) is 50.7 Å². The maximum atomic E-state index is 13.8. The Kier molecular flexibility index (Phi) is 9.03. The molecule has 8 heteroatoms. The minimum atomic E-state index is -0.682. The summed E-state index contributed by atoms with van der Waals surface area (Å²) < 4.78 is 0. The Morgan fingerprint density at radius 3 is 2.07 bits per heavy atom. The Balaban J connectivity index is 1.29. The van der Waals surface area contributed by atoms with Gasteiger partial charge in [0.25, 0.3) is 0 Å². The van der Waals surface area contributed by atoms with E-state index in [1.165, 1.54) is 0 Å². The Morgan fingerprint density at radius 1 is 0.833 bits per heavy atom. The summed E-state index contributed by atoms with van der Waals surface area (Å²) in [4.78, 5) is 35.3. The number of rotatable bonds is 9. The average molecular weight is 565 g/mol. The van der Waals surface area contributed by atoms with Crippen LogP contribution in [0.5, 0.6) is 0 Å². The molecular weight excluding hydrogens is 524 g/mol. The van der Waals surface area contributed by atoms with E-state index in [-0.39, 0.29) is 29.9 Å². The number of piperazine rings is 1. The molecule has 3 atom stereocenters. The standard InChI is InChI=1S/C34H40N6O2/c1-23-21-40(33(42)31(35)19-24-12-14-26-7-2-4-9-28(26)17-24)30(11-6-16-38-34(36)37)22-39(23)32(41)20-25-13-15-27-8-3-5-10-29(27)18-25/h2-5,7-10,12-15,17-18,23,30-31H,6,11,16,19-22,35H2,1H3,(H4,36,37,38)/t23-,30?,31+/m1/s1. The lowest BCUT2D eigenvalue weighted by atomic mass is 9.97.